The number of nitrogens with zero attached hydrogens (tertiary/aromatic N) is 5. The maximum Gasteiger partial charge on any atom is 0.433 e. The van der Waals surface area contributed by atoms with E-state index in [1.807, 2.05) is 17.0 Å². The number of rotatable bonds is 3. The molecule has 2 aromatic heterocycles. The number of halogens is 3. The summed E-state index contributed by atoms with van der Waals surface area (Å²) < 4.78 is 38.6. The highest BCUT2D eigenvalue weighted by Gasteiger charge is 2.33. The third-order valence-electron chi connectivity index (χ3n) is 4.21. The number of likely N-dealkylation sites (N-methyl/N-ethyl adjacent to an activating group) is 1. The Balaban J connectivity index is 1.76. The minimum Gasteiger partial charge on any atom is -0.355 e. The average Bonchev–Trinajstić information content (AvgIpc) is 2.61. The van der Waals surface area contributed by atoms with Gasteiger partial charge in [-0.2, -0.15) is 18.3 Å². The summed E-state index contributed by atoms with van der Waals surface area (Å²) in [6.45, 7) is 1.53. The molecule has 1 aliphatic rings. The Bertz CT molecular complexity index is 677. The fourth-order valence-corrected chi connectivity index (χ4v) is 2.91. The Morgan fingerprint density at radius 3 is 2.75 bits per heavy atom. The van der Waals surface area contributed by atoms with E-state index < -0.39 is 11.9 Å². The van der Waals surface area contributed by atoms with Crippen LogP contribution in [0.2, 0.25) is 0 Å². The Hall–Kier alpha value is -2.38. The zero-order chi connectivity index (χ0) is 17.2. The van der Waals surface area contributed by atoms with Crippen LogP contribution < -0.4 is 9.80 Å². The van der Waals surface area contributed by atoms with Crippen molar-refractivity contribution in [2.24, 2.45) is 0 Å². The third kappa shape index (κ3) is 3.58. The van der Waals surface area contributed by atoms with E-state index in [9.17, 15) is 13.2 Å². The summed E-state index contributed by atoms with van der Waals surface area (Å²) in [6.07, 6.45) is -0.992. The first-order valence-corrected chi connectivity index (χ1v) is 7.75. The molecule has 1 saturated heterocycles. The van der Waals surface area contributed by atoms with Crippen LogP contribution in [0.5, 0.6) is 0 Å². The van der Waals surface area contributed by atoms with Gasteiger partial charge in [-0.15, -0.1) is 5.10 Å². The lowest BCUT2D eigenvalue weighted by atomic mass is 10.0. The van der Waals surface area contributed by atoms with Crippen LogP contribution in [0.15, 0.2) is 36.5 Å². The molecule has 1 fully saturated rings. The number of hydrogen-bond acceptors (Lipinski definition) is 5. The molecule has 0 radical (unpaired) electrons. The van der Waals surface area contributed by atoms with Crippen molar-refractivity contribution in [1.82, 2.24) is 15.2 Å². The Morgan fingerprint density at radius 2 is 2.04 bits per heavy atom. The highest BCUT2D eigenvalue weighted by Crippen LogP contribution is 2.30. The van der Waals surface area contributed by atoms with Gasteiger partial charge in [0.2, 0.25) is 0 Å². The summed E-state index contributed by atoms with van der Waals surface area (Å²) in [7, 11) is 1.79. The van der Waals surface area contributed by atoms with Crippen molar-refractivity contribution < 1.29 is 13.2 Å². The molecule has 3 rings (SSSR count). The molecule has 1 atom stereocenters. The number of hydrogen-bond donors (Lipinski definition) is 0. The smallest absolute Gasteiger partial charge is 0.355 e. The molecule has 24 heavy (non-hydrogen) atoms. The molecule has 0 N–H and O–H groups in total. The largest absolute Gasteiger partial charge is 0.433 e. The predicted molar refractivity (Wildman–Crippen MR) is 84.9 cm³/mol. The molecule has 0 spiro atoms. The number of anilines is 2. The second kappa shape index (κ2) is 6.62. The standard InChI is InChI=1S/C16H18F3N5/c1-23(14-7-2-6-13(21-14)16(17,18)19)12-5-4-10-24(11-12)15-8-3-9-20-22-15/h2-3,6-9,12H,4-5,10-11H2,1H3. The van der Waals surface area contributed by atoms with Gasteiger partial charge in [0, 0.05) is 32.4 Å². The molecule has 128 valence electrons. The first kappa shape index (κ1) is 16.5. The molecule has 0 amide bonds. The molecule has 1 aliphatic heterocycles. The molecule has 1 unspecified atom stereocenters. The average molecular weight is 337 g/mol. The van der Waals surface area contributed by atoms with Crippen LogP contribution in [-0.4, -0.2) is 41.4 Å². The van der Waals surface area contributed by atoms with Gasteiger partial charge in [0.1, 0.15) is 11.5 Å². The first-order chi connectivity index (χ1) is 11.4. The number of aromatic nitrogens is 3. The molecule has 0 saturated carbocycles. The number of alkyl halides is 3. The quantitative estimate of drug-likeness (QED) is 0.862. The Morgan fingerprint density at radius 1 is 1.21 bits per heavy atom. The van der Waals surface area contributed by atoms with E-state index in [0.717, 1.165) is 31.3 Å². The lowest BCUT2D eigenvalue weighted by molar-refractivity contribution is -0.141. The van der Waals surface area contributed by atoms with Gasteiger partial charge in [-0.3, -0.25) is 0 Å². The van der Waals surface area contributed by atoms with Crippen molar-refractivity contribution in [2.75, 3.05) is 29.9 Å². The van der Waals surface area contributed by atoms with Gasteiger partial charge >= 0.3 is 6.18 Å². The predicted octanol–water partition coefficient (Wildman–Crippen LogP) is 3.00. The van der Waals surface area contributed by atoms with Gasteiger partial charge in [0.05, 0.1) is 0 Å². The molecule has 0 aliphatic carbocycles. The minimum absolute atomic E-state index is 0.0664. The lowest BCUT2D eigenvalue weighted by Gasteiger charge is -2.38. The Labute approximate surface area is 138 Å². The van der Waals surface area contributed by atoms with Crippen molar-refractivity contribution in [3.05, 3.63) is 42.2 Å². The van der Waals surface area contributed by atoms with Gasteiger partial charge in [-0.05, 0) is 37.1 Å². The first-order valence-electron chi connectivity index (χ1n) is 7.75. The zero-order valence-corrected chi connectivity index (χ0v) is 13.2. The van der Waals surface area contributed by atoms with E-state index >= 15 is 0 Å². The molecule has 3 heterocycles. The van der Waals surface area contributed by atoms with Crippen LogP contribution in [0.25, 0.3) is 0 Å². The van der Waals surface area contributed by atoms with Gasteiger partial charge in [0.15, 0.2) is 5.82 Å². The lowest BCUT2D eigenvalue weighted by Crippen LogP contribution is -2.47. The van der Waals surface area contributed by atoms with E-state index in [1.54, 1.807) is 19.3 Å². The van der Waals surface area contributed by atoms with E-state index in [0.29, 0.717) is 12.4 Å². The molecular formula is C16H18F3N5. The van der Waals surface area contributed by atoms with E-state index in [2.05, 4.69) is 20.1 Å². The van der Waals surface area contributed by atoms with Crippen LogP contribution in [0.1, 0.15) is 18.5 Å². The third-order valence-corrected chi connectivity index (χ3v) is 4.21. The van der Waals surface area contributed by atoms with Crippen molar-refractivity contribution >= 4 is 11.6 Å². The second-order valence-electron chi connectivity index (χ2n) is 5.81. The maximum atomic E-state index is 12.9. The van der Waals surface area contributed by atoms with Crippen LogP contribution in [0.4, 0.5) is 24.8 Å². The summed E-state index contributed by atoms with van der Waals surface area (Å²) in [5, 5.41) is 7.99. The van der Waals surface area contributed by atoms with E-state index in [4.69, 9.17) is 0 Å². The zero-order valence-electron chi connectivity index (χ0n) is 13.2. The van der Waals surface area contributed by atoms with Crippen LogP contribution >= 0.6 is 0 Å². The molecule has 2 aromatic rings. The molecule has 0 aromatic carbocycles. The van der Waals surface area contributed by atoms with E-state index in [-0.39, 0.29) is 6.04 Å². The highest BCUT2D eigenvalue weighted by molar-refractivity contribution is 5.43. The van der Waals surface area contributed by atoms with Crippen molar-refractivity contribution in [3.63, 3.8) is 0 Å². The second-order valence-corrected chi connectivity index (χ2v) is 5.81. The van der Waals surface area contributed by atoms with Gasteiger partial charge in [0.25, 0.3) is 0 Å². The molecule has 0 bridgehead atoms. The summed E-state index contributed by atoms with van der Waals surface area (Å²) >= 11 is 0. The monoisotopic (exact) mass is 337 g/mol. The van der Waals surface area contributed by atoms with Crippen LogP contribution in [0.3, 0.4) is 0 Å². The Kier molecular flexibility index (Phi) is 4.55. The van der Waals surface area contributed by atoms with Crippen LogP contribution in [-0.2, 0) is 6.18 Å². The topological polar surface area (TPSA) is 45.2 Å². The summed E-state index contributed by atoms with van der Waals surface area (Å²) in [5.41, 5.74) is -0.867. The fourth-order valence-electron chi connectivity index (χ4n) is 2.91. The van der Waals surface area contributed by atoms with Crippen LogP contribution in [0, 0.1) is 0 Å². The highest BCUT2D eigenvalue weighted by atomic mass is 19.4. The molecular weight excluding hydrogens is 319 g/mol. The van der Waals surface area contributed by atoms with Gasteiger partial charge in [-0.1, -0.05) is 6.07 Å². The summed E-state index contributed by atoms with van der Waals surface area (Å²) in [4.78, 5) is 7.69. The molecule has 8 heteroatoms. The number of piperidine rings is 1. The fraction of sp³-hybridized carbons (Fsp3) is 0.438. The van der Waals surface area contributed by atoms with Crippen molar-refractivity contribution in [2.45, 2.75) is 25.1 Å². The van der Waals surface area contributed by atoms with E-state index in [1.165, 1.54) is 6.07 Å². The van der Waals surface area contributed by atoms with Crippen molar-refractivity contribution in [1.29, 1.82) is 0 Å². The van der Waals surface area contributed by atoms with Gasteiger partial charge in [-0.25, -0.2) is 4.98 Å². The normalized spacial score (nSPS) is 18.5. The summed E-state index contributed by atoms with van der Waals surface area (Å²) in [6, 6.07) is 7.77. The van der Waals surface area contributed by atoms with Gasteiger partial charge < -0.3 is 9.80 Å². The molecule has 5 nitrogen and oxygen atoms in total. The number of pyridine rings is 1. The summed E-state index contributed by atoms with van der Waals surface area (Å²) in [5.74, 6) is 1.11. The van der Waals surface area contributed by atoms with Crippen molar-refractivity contribution in [3.8, 4) is 0 Å². The maximum absolute atomic E-state index is 12.9. The minimum atomic E-state index is -4.44. The SMILES string of the molecule is CN(c1cccc(C(F)(F)F)n1)C1CCCN(c2cccnn2)C1.